The number of likely N-dealkylation sites (tertiary alicyclic amines) is 1. The third-order valence-electron chi connectivity index (χ3n) is 7.31. The number of nitrogens with zero attached hydrogens (tertiary/aromatic N) is 1. The lowest BCUT2D eigenvalue weighted by Gasteiger charge is -2.40. The van der Waals surface area contributed by atoms with E-state index in [0.717, 1.165) is 24.3 Å². The fourth-order valence-electron chi connectivity index (χ4n) is 6.33. The van der Waals surface area contributed by atoms with Crippen molar-refractivity contribution >= 4 is 11.0 Å². The van der Waals surface area contributed by atoms with Gasteiger partial charge in [0.25, 0.3) is 0 Å². The molecule has 168 valence electrons. The first-order valence-electron chi connectivity index (χ1n) is 11.3. The van der Waals surface area contributed by atoms with Crippen molar-refractivity contribution in [3.8, 4) is 22.6 Å². The maximum atomic E-state index is 13.3. The summed E-state index contributed by atoms with van der Waals surface area (Å²) < 4.78 is 11.2. The van der Waals surface area contributed by atoms with E-state index in [2.05, 4.69) is 25.7 Å². The molecule has 1 aliphatic carbocycles. The molecule has 2 aromatic carbocycles. The van der Waals surface area contributed by atoms with Gasteiger partial charge in [-0.05, 0) is 59.9 Å². The minimum atomic E-state index is -0.0917. The van der Waals surface area contributed by atoms with Crippen molar-refractivity contribution in [2.75, 3.05) is 13.7 Å². The van der Waals surface area contributed by atoms with Gasteiger partial charge >= 0.3 is 0 Å². The highest BCUT2D eigenvalue weighted by Crippen LogP contribution is 2.53. The second-order valence-electron chi connectivity index (χ2n) is 10.8. The van der Waals surface area contributed by atoms with Crippen molar-refractivity contribution in [2.45, 2.75) is 52.6 Å². The smallest absolute Gasteiger partial charge is 0.200 e. The second kappa shape index (κ2) is 7.38. The van der Waals surface area contributed by atoms with Gasteiger partial charge in [-0.3, -0.25) is 9.69 Å². The number of phenolic OH excluding ortho intramolecular Hbond substituents is 1. The van der Waals surface area contributed by atoms with E-state index in [-0.39, 0.29) is 11.2 Å². The minimum Gasteiger partial charge on any atom is -0.507 e. The Morgan fingerprint density at radius 3 is 2.59 bits per heavy atom. The number of hydrogen-bond acceptors (Lipinski definition) is 5. The van der Waals surface area contributed by atoms with Gasteiger partial charge in [0.1, 0.15) is 23.3 Å². The topological polar surface area (TPSA) is 62.9 Å². The van der Waals surface area contributed by atoms with Crippen LogP contribution >= 0.6 is 0 Å². The highest BCUT2D eigenvalue weighted by atomic mass is 16.5. The summed E-state index contributed by atoms with van der Waals surface area (Å²) in [5.41, 5.74) is 3.00. The maximum Gasteiger partial charge on any atom is 0.200 e. The number of phenols is 1. The standard InChI is InChI=1S/C27H31NO4/c1-26(2)11-18-12-27(3,15-26)16-28(18)13-21-23(29)10-9-20-24(30)22(14-32-25(20)21)17-5-7-19(31-4)8-6-17/h5-10,14,18,29H,11-13,15-16H2,1-4H3. The highest BCUT2D eigenvalue weighted by Gasteiger charge is 2.49. The van der Waals surface area contributed by atoms with Crippen molar-refractivity contribution in [1.82, 2.24) is 4.90 Å². The Morgan fingerprint density at radius 1 is 1.12 bits per heavy atom. The lowest BCUT2D eigenvalue weighted by Crippen LogP contribution is -2.34. The summed E-state index contributed by atoms with van der Waals surface area (Å²) >= 11 is 0. The third kappa shape index (κ3) is 3.58. The molecule has 5 rings (SSSR count). The maximum absolute atomic E-state index is 13.3. The first-order chi connectivity index (χ1) is 15.2. The Hall–Kier alpha value is -2.79. The Labute approximate surface area is 188 Å². The molecular formula is C27H31NO4. The van der Waals surface area contributed by atoms with Crippen LogP contribution in [0.5, 0.6) is 11.5 Å². The molecule has 2 atom stereocenters. The van der Waals surface area contributed by atoms with Crippen LogP contribution in [0.25, 0.3) is 22.1 Å². The molecule has 3 aromatic rings. The van der Waals surface area contributed by atoms with Crippen molar-refractivity contribution in [2.24, 2.45) is 10.8 Å². The van der Waals surface area contributed by atoms with Gasteiger partial charge in [0, 0.05) is 19.1 Å². The van der Waals surface area contributed by atoms with Crippen molar-refractivity contribution in [3.63, 3.8) is 0 Å². The molecule has 2 unspecified atom stereocenters. The molecule has 2 aliphatic rings. The quantitative estimate of drug-likeness (QED) is 0.582. The van der Waals surface area contributed by atoms with Crippen molar-refractivity contribution in [1.29, 1.82) is 0 Å². The summed E-state index contributed by atoms with van der Waals surface area (Å²) in [6.45, 7) is 8.69. The van der Waals surface area contributed by atoms with E-state index < -0.39 is 0 Å². The molecule has 5 heteroatoms. The van der Waals surface area contributed by atoms with Crippen LogP contribution in [0, 0.1) is 10.8 Å². The van der Waals surface area contributed by atoms with Crippen LogP contribution in [-0.2, 0) is 6.54 Å². The Kier molecular flexibility index (Phi) is 4.86. The summed E-state index contributed by atoms with van der Waals surface area (Å²) in [5.74, 6) is 0.919. The van der Waals surface area contributed by atoms with Gasteiger partial charge < -0.3 is 14.3 Å². The van der Waals surface area contributed by atoms with Crippen molar-refractivity contribution in [3.05, 3.63) is 58.4 Å². The number of ether oxygens (including phenoxy) is 1. The number of benzene rings is 2. The zero-order valence-corrected chi connectivity index (χ0v) is 19.3. The van der Waals surface area contributed by atoms with Gasteiger partial charge in [-0.2, -0.15) is 0 Å². The molecule has 1 aliphatic heterocycles. The Balaban J connectivity index is 1.52. The SMILES string of the molecule is COc1ccc(-c2coc3c(CN4CC5(C)CC4CC(C)(C)C5)c(O)ccc3c2=O)cc1. The van der Waals surface area contributed by atoms with Gasteiger partial charge in [-0.25, -0.2) is 0 Å². The van der Waals surface area contributed by atoms with Crippen LogP contribution in [0.1, 0.15) is 45.6 Å². The molecule has 2 bridgehead atoms. The second-order valence-corrected chi connectivity index (χ2v) is 10.8. The average Bonchev–Trinajstić information content (AvgIpc) is 2.98. The molecule has 2 fully saturated rings. The monoisotopic (exact) mass is 433 g/mol. The molecule has 1 N–H and O–H groups in total. The van der Waals surface area contributed by atoms with E-state index in [1.165, 1.54) is 19.1 Å². The molecule has 1 saturated carbocycles. The largest absolute Gasteiger partial charge is 0.507 e. The van der Waals surface area contributed by atoms with E-state index >= 15 is 0 Å². The molecule has 1 saturated heterocycles. The summed E-state index contributed by atoms with van der Waals surface area (Å²) in [4.78, 5) is 15.8. The zero-order valence-electron chi connectivity index (χ0n) is 19.3. The van der Waals surface area contributed by atoms with Gasteiger partial charge in [-0.15, -0.1) is 0 Å². The summed E-state index contributed by atoms with van der Waals surface area (Å²) in [6, 6.07) is 11.1. The molecule has 32 heavy (non-hydrogen) atoms. The van der Waals surface area contributed by atoms with Gasteiger partial charge in [0.15, 0.2) is 0 Å². The fraction of sp³-hybridized carbons (Fsp3) is 0.444. The lowest BCUT2D eigenvalue weighted by atomic mass is 9.65. The number of fused-ring (bicyclic) bond motifs is 3. The molecule has 1 aromatic heterocycles. The summed E-state index contributed by atoms with van der Waals surface area (Å²) in [7, 11) is 1.61. The zero-order chi connectivity index (χ0) is 22.7. The van der Waals surface area contributed by atoms with E-state index in [0.29, 0.717) is 45.5 Å². The van der Waals surface area contributed by atoms with E-state index in [4.69, 9.17) is 9.15 Å². The predicted molar refractivity (Wildman–Crippen MR) is 126 cm³/mol. The number of rotatable bonds is 4. The summed E-state index contributed by atoms with van der Waals surface area (Å²) in [6.07, 6.45) is 5.07. The van der Waals surface area contributed by atoms with Crippen molar-refractivity contribution < 1.29 is 14.3 Å². The van der Waals surface area contributed by atoms with Gasteiger partial charge in [0.05, 0.1) is 23.6 Å². The normalized spacial score (nSPS) is 24.7. The van der Waals surface area contributed by atoms with E-state index in [1.807, 2.05) is 24.3 Å². The van der Waals surface area contributed by atoms with Crippen LogP contribution in [0.15, 0.2) is 51.9 Å². The van der Waals surface area contributed by atoms with Crippen LogP contribution < -0.4 is 10.2 Å². The van der Waals surface area contributed by atoms with E-state index in [9.17, 15) is 9.90 Å². The molecule has 0 spiro atoms. The predicted octanol–water partition coefficient (Wildman–Crippen LogP) is 5.57. The molecule has 0 radical (unpaired) electrons. The van der Waals surface area contributed by atoms with Crippen LogP contribution in [0.2, 0.25) is 0 Å². The number of aromatic hydroxyl groups is 1. The molecular weight excluding hydrogens is 402 g/mol. The summed E-state index contributed by atoms with van der Waals surface area (Å²) in [5, 5.41) is 11.2. The lowest BCUT2D eigenvalue weighted by molar-refractivity contribution is 0.126. The fourth-order valence-corrected chi connectivity index (χ4v) is 6.33. The average molecular weight is 434 g/mol. The van der Waals surface area contributed by atoms with Crippen LogP contribution in [-0.4, -0.2) is 29.7 Å². The van der Waals surface area contributed by atoms with E-state index in [1.54, 1.807) is 19.2 Å². The Bertz CT molecular complexity index is 1230. The first-order valence-corrected chi connectivity index (χ1v) is 11.3. The van der Waals surface area contributed by atoms with Crippen LogP contribution in [0.3, 0.4) is 0 Å². The third-order valence-corrected chi connectivity index (χ3v) is 7.31. The minimum absolute atomic E-state index is 0.0917. The molecule has 2 heterocycles. The molecule has 0 amide bonds. The number of methoxy groups -OCH3 is 1. The number of hydrogen-bond donors (Lipinski definition) is 1. The van der Waals surface area contributed by atoms with Crippen LogP contribution in [0.4, 0.5) is 0 Å². The van der Waals surface area contributed by atoms with Gasteiger partial charge in [-0.1, -0.05) is 32.9 Å². The van der Waals surface area contributed by atoms with Gasteiger partial charge in [0.2, 0.25) is 5.43 Å². The Morgan fingerprint density at radius 2 is 1.88 bits per heavy atom. The molecule has 5 nitrogen and oxygen atoms in total. The highest BCUT2D eigenvalue weighted by molar-refractivity contribution is 5.85. The first kappa shape index (κ1) is 21.1.